The van der Waals surface area contributed by atoms with Gasteiger partial charge >= 0.3 is 6.18 Å². The Labute approximate surface area is 88.9 Å². The summed E-state index contributed by atoms with van der Waals surface area (Å²) >= 11 is 7.08. The molecule has 1 rings (SSSR count). The average molecular weight is 244 g/mol. The number of nitrogens with one attached hydrogen (secondary N) is 1. The quantitative estimate of drug-likeness (QED) is 0.799. The van der Waals surface area contributed by atoms with Gasteiger partial charge in [-0.1, -0.05) is 11.6 Å². The van der Waals surface area contributed by atoms with Crippen LogP contribution in [-0.2, 0) is 6.54 Å². The molecular weight excluding hydrogens is 235 g/mol. The second-order valence-corrected chi connectivity index (χ2v) is 4.21. The third-order valence-electron chi connectivity index (χ3n) is 1.51. The van der Waals surface area contributed by atoms with Crippen molar-refractivity contribution in [3.8, 4) is 0 Å². The lowest BCUT2D eigenvalue weighted by molar-refractivity contribution is -0.133. The molecule has 0 saturated heterocycles. The van der Waals surface area contributed by atoms with E-state index in [1.807, 2.05) is 0 Å². The summed E-state index contributed by atoms with van der Waals surface area (Å²) in [6.45, 7) is 0.381. The van der Waals surface area contributed by atoms with E-state index < -0.39 is 12.6 Å². The number of hydrogen-bond acceptors (Lipinski definition) is 2. The van der Waals surface area contributed by atoms with E-state index in [-0.39, 0.29) is 6.54 Å². The van der Waals surface area contributed by atoms with Gasteiger partial charge in [-0.05, 0) is 6.07 Å². The Morgan fingerprint density at radius 1 is 1.43 bits per heavy atom. The number of alkyl halides is 3. The van der Waals surface area contributed by atoms with Crippen LogP contribution in [0.25, 0.3) is 0 Å². The molecule has 0 aliphatic heterocycles. The summed E-state index contributed by atoms with van der Waals surface area (Å²) in [5, 5.41) is 5.08. The lowest BCUT2D eigenvalue weighted by atomic mass is 10.4. The van der Waals surface area contributed by atoms with Crippen LogP contribution in [0.3, 0.4) is 0 Å². The van der Waals surface area contributed by atoms with Gasteiger partial charge in [-0.25, -0.2) is 0 Å². The van der Waals surface area contributed by atoms with Gasteiger partial charge in [-0.2, -0.15) is 13.2 Å². The summed E-state index contributed by atoms with van der Waals surface area (Å²) in [5.41, 5.74) is 0. The third-order valence-corrected chi connectivity index (χ3v) is 2.79. The van der Waals surface area contributed by atoms with Gasteiger partial charge in [0.25, 0.3) is 0 Å². The highest BCUT2D eigenvalue weighted by Gasteiger charge is 2.25. The second-order valence-electron chi connectivity index (χ2n) is 2.77. The van der Waals surface area contributed by atoms with Gasteiger partial charge in [-0.15, -0.1) is 11.3 Å². The van der Waals surface area contributed by atoms with E-state index in [0.29, 0.717) is 11.6 Å². The maximum Gasteiger partial charge on any atom is 0.390 e. The zero-order chi connectivity index (χ0) is 10.6. The molecule has 0 spiro atoms. The Kier molecular flexibility index (Phi) is 4.22. The van der Waals surface area contributed by atoms with E-state index in [2.05, 4.69) is 5.32 Å². The predicted molar refractivity (Wildman–Crippen MR) is 51.7 cm³/mol. The van der Waals surface area contributed by atoms with Crippen molar-refractivity contribution in [3.05, 3.63) is 21.3 Å². The summed E-state index contributed by atoms with van der Waals surface area (Å²) < 4.78 is 35.2. The van der Waals surface area contributed by atoms with Gasteiger partial charge in [0.15, 0.2) is 0 Å². The number of hydrogen-bond donors (Lipinski definition) is 1. The van der Waals surface area contributed by atoms with Crippen LogP contribution in [0, 0.1) is 0 Å². The van der Waals surface area contributed by atoms with Crippen molar-refractivity contribution in [1.29, 1.82) is 0 Å². The molecule has 0 amide bonds. The monoisotopic (exact) mass is 243 g/mol. The fourth-order valence-electron chi connectivity index (χ4n) is 0.888. The molecule has 0 unspecified atom stereocenters. The minimum Gasteiger partial charge on any atom is -0.312 e. The molecule has 1 heterocycles. The largest absolute Gasteiger partial charge is 0.390 e. The lowest BCUT2D eigenvalue weighted by Gasteiger charge is -2.06. The van der Waals surface area contributed by atoms with Gasteiger partial charge in [-0.3, -0.25) is 0 Å². The first-order valence-corrected chi connectivity index (χ1v) is 5.23. The maximum atomic E-state index is 11.7. The van der Waals surface area contributed by atoms with Gasteiger partial charge < -0.3 is 5.32 Å². The van der Waals surface area contributed by atoms with Crippen molar-refractivity contribution >= 4 is 22.9 Å². The summed E-state index contributed by atoms with van der Waals surface area (Å²) in [4.78, 5) is 0.942. The standard InChI is InChI=1S/C8H9ClF3NS/c9-6-3-7(14-5-6)4-13-2-1-8(10,11)12/h3,5,13H,1-2,4H2. The van der Waals surface area contributed by atoms with Crippen molar-refractivity contribution in [2.45, 2.75) is 19.1 Å². The molecule has 0 aromatic carbocycles. The van der Waals surface area contributed by atoms with Gasteiger partial charge in [0, 0.05) is 23.3 Å². The zero-order valence-electron chi connectivity index (χ0n) is 7.20. The van der Waals surface area contributed by atoms with Crippen LogP contribution in [0.4, 0.5) is 13.2 Å². The third kappa shape index (κ3) is 4.83. The summed E-state index contributed by atoms with van der Waals surface area (Å²) in [6, 6.07) is 1.74. The van der Waals surface area contributed by atoms with E-state index in [9.17, 15) is 13.2 Å². The zero-order valence-corrected chi connectivity index (χ0v) is 8.77. The van der Waals surface area contributed by atoms with E-state index >= 15 is 0 Å². The normalized spacial score (nSPS) is 12.0. The topological polar surface area (TPSA) is 12.0 Å². The number of halogens is 4. The molecule has 1 aromatic rings. The highest BCUT2D eigenvalue weighted by molar-refractivity contribution is 7.10. The van der Waals surface area contributed by atoms with Crippen molar-refractivity contribution in [2.24, 2.45) is 0 Å². The number of rotatable bonds is 4. The minimum absolute atomic E-state index is 0.0565. The fraction of sp³-hybridized carbons (Fsp3) is 0.500. The van der Waals surface area contributed by atoms with E-state index in [0.717, 1.165) is 4.88 Å². The van der Waals surface area contributed by atoms with Crippen LogP contribution in [0.1, 0.15) is 11.3 Å². The predicted octanol–water partition coefficient (Wildman–Crippen LogP) is 3.44. The summed E-state index contributed by atoms with van der Waals surface area (Å²) in [6.07, 6.45) is -4.88. The Balaban J connectivity index is 2.16. The van der Waals surface area contributed by atoms with Gasteiger partial charge in [0.05, 0.1) is 11.4 Å². The first-order valence-electron chi connectivity index (χ1n) is 3.98. The Bertz CT molecular complexity index is 284. The molecule has 14 heavy (non-hydrogen) atoms. The SMILES string of the molecule is FC(F)(F)CCNCc1cc(Cl)cs1. The Morgan fingerprint density at radius 3 is 2.64 bits per heavy atom. The molecule has 0 aliphatic rings. The van der Waals surface area contributed by atoms with Crippen LogP contribution in [-0.4, -0.2) is 12.7 Å². The van der Waals surface area contributed by atoms with Gasteiger partial charge in [0.2, 0.25) is 0 Å². The van der Waals surface area contributed by atoms with E-state index in [1.54, 1.807) is 11.4 Å². The minimum atomic E-state index is -4.08. The molecule has 6 heteroatoms. The molecule has 1 N–H and O–H groups in total. The van der Waals surface area contributed by atoms with Crippen LogP contribution in [0.15, 0.2) is 11.4 Å². The number of thiophene rings is 1. The molecule has 0 fully saturated rings. The van der Waals surface area contributed by atoms with Crippen molar-refractivity contribution < 1.29 is 13.2 Å². The molecule has 80 valence electrons. The first-order chi connectivity index (χ1) is 6.47. The smallest absolute Gasteiger partial charge is 0.312 e. The molecule has 1 aromatic heterocycles. The molecule has 0 aliphatic carbocycles. The lowest BCUT2D eigenvalue weighted by Crippen LogP contribution is -2.20. The van der Waals surface area contributed by atoms with Crippen LogP contribution < -0.4 is 5.32 Å². The second kappa shape index (κ2) is 5.00. The molecule has 0 radical (unpaired) electrons. The molecule has 0 bridgehead atoms. The average Bonchev–Trinajstić information content (AvgIpc) is 2.44. The van der Waals surface area contributed by atoms with Crippen molar-refractivity contribution in [1.82, 2.24) is 5.32 Å². The van der Waals surface area contributed by atoms with Crippen LogP contribution in [0.5, 0.6) is 0 Å². The van der Waals surface area contributed by atoms with Crippen LogP contribution >= 0.6 is 22.9 Å². The molecule has 0 atom stereocenters. The van der Waals surface area contributed by atoms with E-state index in [4.69, 9.17) is 11.6 Å². The van der Waals surface area contributed by atoms with Crippen LogP contribution in [0.2, 0.25) is 5.02 Å². The Morgan fingerprint density at radius 2 is 2.14 bits per heavy atom. The fourth-order valence-corrected chi connectivity index (χ4v) is 1.93. The highest BCUT2D eigenvalue weighted by Crippen LogP contribution is 2.20. The highest BCUT2D eigenvalue weighted by atomic mass is 35.5. The molecule has 1 nitrogen and oxygen atoms in total. The Hall–Kier alpha value is -0.260. The molecular formula is C8H9ClF3NS. The first kappa shape index (κ1) is 11.8. The van der Waals surface area contributed by atoms with Crippen molar-refractivity contribution in [2.75, 3.05) is 6.54 Å². The molecule has 0 saturated carbocycles. The van der Waals surface area contributed by atoms with Crippen molar-refractivity contribution in [3.63, 3.8) is 0 Å². The van der Waals surface area contributed by atoms with E-state index in [1.165, 1.54) is 11.3 Å². The summed E-state index contributed by atoms with van der Waals surface area (Å²) in [5.74, 6) is 0. The maximum absolute atomic E-state index is 11.7. The summed E-state index contributed by atoms with van der Waals surface area (Å²) in [7, 11) is 0. The van der Waals surface area contributed by atoms with Gasteiger partial charge in [0.1, 0.15) is 0 Å².